The molecule has 0 aliphatic rings. The fraction of sp³-hybridized carbons (Fsp3) is 0.143. The maximum Gasteiger partial charge on any atom is 0.324 e. The van der Waals surface area contributed by atoms with Gasteiger partial charge in [-0.05, 0) is 36.2 Å². The molecule has 0 saturated carbocycles. The number of hydrogen-bond acceptors (Lipinski definition) is 3. The van der Waals surface area contributed by atoms with Crippen molar-refractivity contribution in [1.82, 2.24) is 4.98 Å². The van der Waals surface area contributed by atoms with E-state index < -0.39 is 0 Å². The van der Waals surface area contributed by atoms with Crippen molar-refractivity contribution in [2.75, 3.05) is 10.6 Å². The van der Waals surface area contributed by atoms with E-state index in [0.29, 0.717) is 18.1 Å². The summed E-state index contributed by atoms with van der Waals surface area (Å²) >= 11 is 0. The Morgan fingerprint density at radius 3 is 2.47 bits per heavy atom. The Labute approximate surface area is 111 Å². The van der Waals surface area contributed by atoms with Gasteiger partial charge in [0.15, 0.2) is 0 Å². The van der Waals surface area contributed by atoms with Gasteiger partial charge in [-0.25, -0.2) is 9.78 Å². The third-order valence-electron chi connectivity index (χ3n) is 2.60. The van der Waals surface area contributed by atoms with E-state index in [2.05, 4.69) is 15.6 Å². The van der Waals surface area contributed by atoms with Gasteiger partial charge in [-0.2, -0.15) is 0 Å². The molecule has 0 aliphatic heterocycles. The number of carbonyl (C=O) groups excluding carboxylic acids is 1. The van der Waals surface area contributed by atoms with Crippen LogP contribution in [0.1, 0.15) is 11.1 Å². The van der Waals surface area contributed by atoms with E-state index in [1.165, 1.54) is 0 Å². The van der Waals surface area contributed by atoms with Gasteiger partial charge in [0.1, 0.15) is 5.82 Å². The molecule has 4 N–H and O–H groups in total. The molecule has 0 unspecified atom stereocenters. The largest absolute Gasteiger partial charge is 0.326 e. The molecule has 2 amide bonds. The van der Waals surface area contributed by atoms with Gasteiger partial charge in [0.25, 0.3) is 0 Å². The molecule has 1 heterocycles. The number of benzene rings is 1. The maximum absolute atomic E-state index is 11.7. The molecule has 0 fully saturated rings. The van der Waals surface area contributed by atoms with E-state index in [9.17, 15) is 4.79 Å². The summed E-state index contributed by atoms with van der Waals surface area (Å²) in [6, 6.07) is 10.7. The van der Waals surface area contributed by atoms with E-state index in [4.69, 9.17) is 5.73 Å². The fourth-order valence-corrected chi connectivity index (χ4v) is 1.54. The first-order valence-corrected chi connectivity index (χ1v) is 5.97. The summed E-state index contributed by atoms with van der Waals surface area (Å²) in [6.07, 6.45) is 1.70. The molecule has 98 valence electrons. The number of nitrogens with zero attached hydrogens (tertiary/aromatic N) is 1. The molecule has 0 radical (unpaired) electrons. The van der Waals surface area contributed by atoms with Gasteiger partial charge in [0.2, 0.25) is 0 Å². The van der Waals surface area contributed by atoms with Crippen LogP contribution in [0.2, 0.25) is 0 Å². The average molecular weight is 256 g/mol. The smallest absolute Gasteiger partial charge is 0.324 e. The first-order valence-electron chi connectivity index (χ1n) is 5.97. The van der Waals surface area contributed by atoms with Crippen molar-refractivity contribution in [2.24, 2.45) is 5.73 Å². The quantitative estimate of drug-likeness (QED) is 0.789. The molecule has 19 heavy (non-hydrogen) atoms. The zero-order valence-electron chi connectivity index (χ0n) is 10.7. The SMILES string of the molecule is Cc1ccc(NC(=O)Nc2ccc(CN)cc2)nc1. The normalized spacial score (nSPS) is 10.0. The molecule has 0 bridgehead atoms. The third-order valence-corrected chi connectivity index (χ3v) is 2.60. The molecule has 5 nitrogen and oxygen atoms in total. The molecule has 0 spiro atoms. The Morgan fingerprint density at radius 1 is 1.16 bits per heavy atom. The zero-order chi connectivity index (χ0) is 13.7. The van der Waals surface area contributed by atoms with E-state index in [1.54, 1.807) is 12.3 Å². The number of hydrogen-bond donors (Lipinski definition) is 3. The molecular formula is C14H16N4O. The van der Waals surface area contributed by atoms with Crippen LogP contribution in [0.25, 0.3) is 0 Å². The highest BCUT2D eigenvalue weighted by molar-refractivity contribution is 5.99. The van der Waals surface area contributed by atoms with Crippen LogP contribution in [-0.4, -0.2) is 11.0 Å². The summed E-state index contributed by atoms with van der Waals surface area (Å²) in [4.78, 5) is 15.8. The highest BCUT2D eigenvalue weighted by Gasteiger charge is 2.03. The molecule has 2 rings (SSSR count). The number of aryl methyl sites for hydroxylation is 1. The van der Waals surface area contributed by atoms with Crippen molar-refractivity contribution in [2.45, 2.75) is 13.5 Å². The van der Waals surface area contributed by atoms with Crippen LogP contribution < -0.4 is 16.4 Å². The number of nitrogens with one attached hydrogen (secondary N) is 2. The average Bonchev–Trinajstić information content (AvgIpc) is 2.42. The van der Waals surface area contributed by atoms with Crippen LogP contribution in [0.3, 0.4) is 0 Å². The van der Waals surface area contributed by atoms with Gasteiger partial charge < -0.3 is 11.1 Å². The second-order valence-electron chi connectivity index (χ2n) is 4.20. The van der Waals surface area contributed by atoms with Crippen LogP contribution in [0.4, 0.5) is 16.3 Å². The lowest BCUT2D eigenvalue weighted by Crippen LogP contribution is -2.20. The number of rotatable bonds is 3. The van der Waals surface area contributed by atoms with Crippen molar-refractivity contribution < 1.29 is 4.79 Å². The third kappa shape index (κ3) is 3.79. The minimum atomic E-state index is -0.322. The number of amides is 2. The first-order chi connectivity index (χ1) is 9.17. The molecule has 0 aliphatic carbocycles. The molecule has 1 aromatic carbocycles. The van der Waals surface area contributed by atoms with E-state index in [-0.39, 0.29) is 6.03 Å². The van der Waals surface area contributed by atoms with Gasteiger partial charge in [-0.15, -0.1) is 0 Å². The number of carbonyl (C=O) groups is 1. The Kier molecular flexibility index (Phi) is 4.10. The van der Waals surface area contributed by atoms with Crippen LogP contribution >= 0.6 is 0 Å². The molecule has 2 aromatic rings. The van der Waals surface area contributed by atoms with Crippen molar-refractivity contribution in [3.63, 3.8) is 0 Å². The fourth-order valence-electron chi connectivity index (χ4n) is 1.54. The minimum absolute atomic E-state index is 0.322. The van der Waals surface area contributed by atoms with Gasteiger partial charge in [-0.1, -0.05) is 18.2 Å². The number of urea groups is 1. The van der Waals surface area contributed by atoms with E-state index >= 15 is 0 Å². The lowest BCUT2D eigenvalue weighted by atomic mass is 10.2. The lowest BCUT2D eigenvalue weighted by Gasteiger charge is -2.07. The number of anilines is 2. The summed E-state index contributed by atoms with van der Waals surface area (Å²) in [7, 11) is 0. The zero-order valence-corrected chi connectivity index (χ0v) is 10.7. The van der Waals surface area contributed by atoms with Gasteiger partial charge in [0.05, 0.1) is 0 Å². The van der Waals surface area contributed by atoms with Crippen LogP contribution in [0, 0.1) is 6.92 Å². The summed E-state index contributed by atoms with van der Waals surface area (Å²) in [5.41, 5.74) is 8.28. The van der Waals surface area contributed by atoms with Crippen molar-refractivity contribution in [1.29, 1.82) is 0 Å². The Hall–Kier alpha value is -2.40. The number of aromatic nitrogens is 1. The Bertz CT molecular complexity index is 549. The van der Waals surface area contributed by atoms with E-state index in [0.717, 1.165) is 11.1 Å². The first kappa shape index (κ1) is 13.0. The summed E-state index contributed by atoms with van der Waals surface area (Å²) < 4.78 is 0. The highest BCUT2D eigenvalue weighted by atomic mass is 16.2. The Morgan fingerprint density at radius 2 is 1.89 bits per heavy atom. The lowest BCUT2D eigenvalue weighted by molar-refractivity contribution is 0.262. The molecule has 5 heteroatoms. The van der Waals surface area contributed by atoms with Crippen molar-refractivity contribution in [3.8, 4) is 0 Å². The summed E-state index contributed by atoms with van der Waals surface area (Å²) in [6.45, 7) is 2.43. The monoisotopic (exact) mass is 256 g/mol. The maximum atomic E-state index is 11.7. The van der Waals surface area contributed by atoms with Gasteiger partial charge >= 0.3 is 6.03 Å². The molecular weight excluding hydrogens is 240 g/mol. The minimum Gasteiger partial charge on any atom is -0.326 e. The molecule has 0 atom stereocenters. The van der Waals surface area contributed by atoms with Crippen LogP contribution in [0.15, 0.2) is 42.6 Å². The number of nitrogens with two attached hydrogens (primary N) is 1. The van der Waals surface area contributed by atoms with Crippen LogP contribution in [0.5, 0.6) is 0 Å². The summed E-state index contributed by atoms with van der Waals surface area (Å²) in [5.74, 6) is 0.515. The van der Waals surface area contributed by atoms with Crippen LogP contribution in [-0.2, 0) is 6.54 Å². The second-order valence-corrected chi connectivity index (χ2v) is 4.20. The topological polar surface area (TPSA) is 80.0 Å². The summed E-state index contributed by atoms with van der Waals surface area (Å²) in [5, 5.41) is 5.39. The molecule has 1 aromatic heterocycles. The van der Waals surface area contributed by atoms with Crippen molar-refractivity contribution in [3.05, 3.63) is 53.7 Å². The predicted octanol–water partition coefficient (Wildman–Crippen LogP) is 2.49. The molecule has 0 saturated heterocycles. The van der Waals surface area contributed by atoms with E-state index in [1.807, 2.05) is 37.3 Å². The predicted molar refractivity (Wildman–Crippen MR) is 75.9 cm³/mol. The highest BCUT2D eigenvalue weighted by Crippen LogP contribution is 2.10. The van der Waals surface area contributed by atoms with Crippen molar-refractivity contribution >= 4 is 17.5 Å². The van der Waals surface area contributed by atoms with Gasteiger partial charge in [-0.3, -0.25) is 5.32 Å². The standard InChI is InChI=1S/C14H16N4O/c1-10-2-7-13(16-9-10)18-14(19)17-12-5-3-11(8-15)4-6-12/h2-7,9H,8,15H2,1H3,(H2,16,17,18,19). The van der Waals surface area contributed by atoms with Gasteiger partial charge in [0, 0.05) is 18.4 Å². The number of pyridine rings is 1. The Balaban J connectivity index is 1.95. The second kappa shape index (κ2) is 5.97.